The van der Waals surface area contributed by atoms with Gasteiger partial charge in [-0.15, -0.1) is 4.83 Å². The summed E-state index contributed by atoms with van der Waals surface area (Å²) < 4.78 is 36.7. The smallest absolute Gasteiger partial charge is 0.269 e. The lowest BCUT2D eigenvalue weighted by molar-refractivity contribution is -0.384. The number of carbonyl (C=O) groups excluding carboxylic acids is 1. The van der Waals surface area contributed by atoms with E-state index in [0.717, 1.165) is 24.3 Å². The number of nitro groups is 1. The topological polar surface area (TPSA) is 118 Å². The van der Waals surface area contributed by atoms with Crippen molar-refractivity contribution in [3.63, 3.8) is 0 Å². The second kappa shape index (κ2) is 7.15. The van der Waals surface area contributed by atoms with Gasteiger partial charge >= 0.3 is 0 Å². The summed E-state index contributed by atoms with van der Waals surface area (Å²) in [5, 5.41) is 10.5. The Hall–Kier alpha value is -2.85. The second-order valence-electron chi connectivity index (χ2n) is 4.71. The molecule has 126 valence electrons. The molecule has 0 atom stereocenters. The number of sulfonamides is 1. The molecule has 0 bridgehead atoms. The maximum Gasteiger partial charge on any atom is 0.269 e. The highest BCUT2D eigenvalue weighted by Gasteiger charge is 2.16. The lowest BCUT2D eigenvalue weighted by Gasteiger charge is -2.08. The number of carbonyl (C=O) groups is 1. The first-order chi connectivity index (χ1) is 11.3. The third-order valence-electron chi connectivity index (χ3n) is 2.96. The van der Waals surface area contributed by atoms with Crippen molar-refractivity contribution >= 4 is 21.6 Å². The number of non-ortho nitro benzene ring substituents is 1. The van der Waals surface area contributed by atoms with Crippen molar-refractivity contribution in [2.45, 2.75) is 11.3 Å². The van der Waals surface area contributed by atoms with Crippen LogP contribution in [-0.4, -0.2) is 19.2 Å². The Labute approximate surface area is 136 Å². The van der Waals surface area contributed by atoms with Crippen LogP contribution in [0.15, 0.2) is 53.4 Å². The largest absolute Gasteiger partial charge is 0.277 e. The van der Waals surface area contributed by atoms with Gasteiger partial charge in [-0.25, -0.2) is 12.8 Å². The zero-order valence-electron chi connectivity index (χ0n) is 12.1. The zero-order valence-corrected chi connectivity index (χ0v) is 12.9. The Morgan fingerprint density at radius 3 is 2.21 bits per heavy atom. The number of halogens is 1. The van der Waals surface area contributed by atoms with Gasteiger partial charge in [0.15, 0.2) is 0 Å². The molecule has 0 aliphatic rings. The number of hydrogen-bond donors (Lipinski definition) is 2. The fraction of sp³-hybridized carbons (Fsp3) is 0.0714. The summed E-state index contributed by atoms with van der Waals surface area (Å²) in [6.45, 7) is 0. The highest BCUT2D eigenvalue weighted by Crippen LogP contribution is 2.15. The highest BCUT2D eigenvalue weighted by molar-refractivity contribution is 7.89. The Bertz CT molecular complexity index is 851. The van der Waals surface area contributed by atoms with Crippen molar-refractivity contribution in [2.24, 2.45) is 0 Å². The van der Waals surface area contributed by atoms with Crippen molar-refractivity contribution in [3.8, 4) is 0 Å². The van der Waals surface area contributed by atoms with E-state index in [9.17, 15) is 27.7 Å². The standard InChI is InChI=1S/C14H12FN3O5S/c15-11-3-1-10(2-4-11)9-14(19)16-17-24(22,23)13-7-5-12(6-8-13)18(20)21/h1-8,17H,9H2,(H,16,19). The van der Waals surface area contributed by atoms with Crippen LogP contribution in [0.3, 0.4) is 0 Å². The Morgan fingerprint density at radius 2 is 1.67 bits per heavy atom. The van der Waals surface area contributed by atoms with Gasteiger partial charge in [-0.2, -0.15) is 0 Å². The normalized spacial score (nSPS) is 11.0. The summed E-state index contributed by atoms with van der Waals surface area (Å²) >= 11 is 0. The van der Waals surface area contributed by atoms with Gasteiger partial charge < -0.3 is 0 Å². The molecule has 0 aliphatic carbocycles. The monoisotopic (exact) mass is 353 g/mol. The van der Waals surface area contributed by atoms with E-state index >= 15 is 0 Å². The van der Waals surface area contributed by atoms with E-state index < -0.39 is 26.7 Å². The number of nitrogens with zero attached hydrogens (tertiary/aromatic N) is 1. The minimum Gasteiger partial charge on any atom is -0.277 e. The average Bonchev–Trinajstić information content (AvgIpc) is 2.55. The lowest BCUT2D eigenvalue weighted by atomic mass is 10.1. The van der Waals surface area contributed by atoms with Crippen molar-refractivity contribution in [3.05, 3.63) is 70.0 Å². The van der Waals surface area contributed by atoms with Crippen LogP contribution in [0.2, 0.25) is 0 Å². The first kappa shape index (κ1) is 17.5. The maximum absolute atomic E-state index is 12.8. The molecule has 1 amide bonds. The number of rotatable bonds is 6. The molecule has 10 heteroatoms. The molecule has 0 radical (unpaired) electrons. The van der Waals surface area contributed by atoms with Gasteiger partial charge in [-0.1, -0.05) is 12.1 Å². The number of nitro benzene ring substituents is 1. The first-order valence-corrected chi connectivity index (χ1v) is 8.06. The molecular weight excluding hydrogens is 341 g/mol. The van der Waals surface area contributed by atoms with Gasteiger partial charge in [0, 0.05) is 12.1 Å². The molecule has 24 heavy (non-hydrogen) atoms. The molecule has 0 saturated carbocycles. The molecule has 2 aromatic carbocycles. The molecule has 2 aromatic rings. The fourth-order valence-corrected chi connectivity index (χ4v) is 2.62. The van der Waals surface area contributed by atoms with Crippen LogP contribution in [0.25, 0.3) is 0 Å². The maximum atomic E-state index is 12.8. The van der Waals surface area contributed by atoms with E-state index in [1.807, 2.05) is 10.3 Å². The Kier molecular flexibility index (Phi) is 5.21. The summed E-state index contributed by atoms with van der Waals surface area (Å²) in [5.41, 5.74) is 2.27. The van der Waals surface area contributed by atoms with Crippen molar-refractivity contribution in [1.29, 1.82) is 0 Å². The number of hydrazine groups is 1. The van der Waals surface area contributed by atoms with Crippen LogP contribution in [-0.2, 0) is 21.2 Å². The van der Waals surface area contributed by atoms with E-state index in [1.165, 1.54) is 24.3 Å². The molecule has 0 saturated heterocycles. The molecule has 2 N–H and O–H groups in total. The number of amides is 1. The van der Waals surface area contributed by atoms with Gasteiger partial charge in [-0.05, 0) is 29.8 Å². The molecule has 0 aliphatic heterocycles. The van der Waals surface area contributed by atoms with E-state index in [-0.39, 0.29) is 17.0 Å². The molecule has 8 nitrogen and oxygen atoms in total. The van der Waals surface area contributed by atoms with Gasteiger partial charge in [-0.3, -0.25) is 20.3 Å². The van der Waals surface area contributed by atoms with Crippen LogP contribution >= 0.6 is 0 Å². The molecule has 0 spiro atoms. The first-order valence-electron chi connectivity index (χ1n) is 6.57. The molecule has 0 fully saturated rings. The van der Waals surface area contributed by atoms with Crippen LogP contribution in [0.5, 0.6) is 0 Å². The molecule has 2 rings (SSSR count). The van der Waals surface area contributed by atoms with E-state index in [1.54, 1.807) is 0 Å². The summed E-state index contributed by atoms with van der Waals surface area (Å²) in [6.07, 6.45) is -0.150. The SMILES string of the molecule is O=C(Cc1ccc(F)cc1)NNS(=O)(=O)c1ccc([N+](=O)[O-])cc1. The van der Waals surface area contributed by atoms with E-state index in [2.05, 4.69) is 0 Å². The number of benzene rings is 2. The second-order valence-corrected chi connectivity index (χ2v) is 6.39. The van der Waals surface area contributed by atoms with Crippen molar-refractivity contribution in [1.82, 2.24) is 10.3 Å². The highest BCUT2D eigenvalue weighted by atomic mass is 32.2. The summed E-state index contributed by atoms with van der Waals surface area (Å²) in [4.78, 5) is 23.2. The molecule has 0 aromatic heterocycles. The fourth-order valence-electron chi connectivity index (χ4n) is 1.76. The summed E-state index contributed by atoms with van der Waals surface area (Å²) in [5.74, 6) is -1.09. The quantitative estimate of drug-likeness (QED) is 0.599. The van der Waals surface area contributed by atoms with E-state index in [4.69, 9.17) is 0 Å². The van der Waals surface area contributed by atoms with Gasteiger partial charge in [0.05, 0.1) is 16.2 Å². The van der Waals surface area contributed by atoms with Crippen LogP contribution < -0.4 is 10.3 Å². The van der Waals surface area contributed by atoms with Crippen molar-refractivity contribution < 1.29 is 22.5 Å². The predicted octanol–water partition coefficient (Wildman–Crippen LogP) is 1.29. The number of hydrogen-bond acceptors (Lipinski definition) is 5. The van der Waals surface area contributed by atoms with Gasteiger partial charge in [0.2, 0.25) is 5.91 Å². The Morgan fingerprint density at radius 1 is 1.08 bits per heavy atom. The van der Waals surface area contributed by atoms with Crippen molar-refractivity contribution in [2.75, 3.05) is 0 Å². The molecule has 0 heterocycles. The van der Waals surface area contributed by atoms with Crippen LogP contribution in [0.4, 0.5) is 10.1 Å². The minimum atomic E-state index is -4.06. The van der Waals surface area contributed by atoms with Gasteiger partial charge in [0.25, 0.3) is 15.7 Å². The Balaban J connectivity index is 1.97. The third-order valence-corrected chi connectivity index (χ3v) is 4.22. The van der Waals surface area contributed by atoms with Crippen LogP contribution in [0.1, 0.15) is 5.56 Å². The average molecular weight is 353 g/mol. The summed E-state index contributed by atoms with van der Waals surface area (Å²) in [7, 11) is -4.06. The minimum absolute atomic E-state index is 0.150. The molecule has 0 unspecified atom stereocenters. The van der Waals surface area contributed by atoms with E-state index in [0.29, 0.717) is 5.56 Å². The lowest BCUT2D eigenvalue weighted by Crippen LogP contribution is -2.42. The van der Waals surface area contributed by atoms with Crippen LogP contribution in [0, 0.1) is 15.9 Å². The number of nitrogens with one attached hydrogen (secondary N) is 2. The summed E-state index contributed by atoms with van der Waals surface area (Å²) in [6, 6.07) is 9.34. The third kappa shape index (κ3) is 4.57. The zero-order chi connectivity index (χ0) is 17.7. The predicted molar refractivity (Wildman–Crippen MR) is 81.7 cm³/mol. The van der Waals surface area contributed by atoms with Gasteiger partial charge in [0.1, 0.15) is 5.82 Å². The molecular formula is C14H12FN3O5S.